The van der Waals surface area contributed by atoms with Crippen molar-refractivity contribution in [3.8, 4) is 11.5 Å². The van der Waals surface area contributed by atoms with Crippen molar-refractivity contribution in [3.05, 3.63) is 66.3 Å². The molecule has 0 fully saturated rings. The Bertz CT molecular complexity index is 1140. The van der Waals surface area contributed by atoms with Gasteiger partial charge in [0.05, 0.1) is 24.4 Å². The lowest BCUT2D eigenvalue weighted by molar-refractivity contribution is 0.0693. The van der Waals surface area contributed by atoms with Crippen LogP contribution in [0.15, 0.2) is 60.7 Å². The van der Waals surface area contributed by atoms with E-state index >= 15 is 0 Å². The van der Waals surface area contributed by atoms with Crippen LogP contribution in [0.2, 0.25) is 0 Å². The van der Waals surface area contributed by atoms with Crippen molar-refractivity contribution in [2.24, 2.45) is 0 Å². The van der Waals surface area contributed by atoms with E-state index < -0.39 is 27.1 Å². The van der Waals surface area contributed by atoms with E-state index in [9.17, 15) is 17.8 Å². The van der Waals surface area contributed by atoms with Gasteiger partial charge in [-0.05, 0) is 44.4 Å². The smallest absolute Gasteiger partial charge is 0.288 e. The van der Waals surface area contributed by atoms with Crippen LogP contribution < -0.4 is 14.8 Å². The maximum Gasteiger partial charge on any atom is 0.288 e. The Morgan fingerprint density at radius 3 is 2.45 bits per heavy atom. The number of fused-ring (bicyclic) bond motifs is 2. The Morgan fingerprint density at radius 1 is 1.21 bits per heavy atom. The zero-order chi connectivity index (χ0) is 24.6. The van der Waals surface area contributed by atoms with Crippen LogP contribution in [0.25, 0.3) is 0 Å². The number of amides is 1. The van der Waals surface area contributed by atoms with Gasteiger partial charge in [0, 0.05) is 12.6 Å². The lowest BCUT2D eigenvalue weighted by Crippen LogP contribution is -2.53. The first kappa shape index (κ1) is 24.6. The van der Waals surface area contributed by atoms with Gasteiger partial charge in [0.1, 0.15) is 5.60 Å². The summed E-state index contributed by atoms with van der Waals surface area (Å²) in [6.45, 7) is 13.2. The molecule has 1 aromatic rings. The molecule has 33 heavy (non-hydrogen) atoms. The summed E-state index contributed by atoms with van der Waals surface area (Å²) < 4.78 is 46.3. The normalized spacial score (nSPS) is 21.1. The predicted molar refractivity (Wildman–Crippen MR) is 128 cm³/mol. The van der Waals surface area contributed by atoms with Gasteiger partial charge in [-0.15, -0.1) is 0 Å². The third kappa shape index (κ3) is 5.15. The van der Waals surface area contributed by atoms with Crippen LogP contribution in [0.4, 0.5) is 5.69 Å². The molecule has 0 saturated carbocycles. The second-order valence-electron chi connectivity index (χ2n) is 8.90. The Morgan fingerprint density at radius 2 is 1.91 bits per heavy atom. The molecule has 1 amide bonds. The van der Waals surface area contributed by atoms with E-state index in [2.05, 4.69) is 18.5 Å². The lowest BCUT2D eigenvalue weighted by atomic mass is 9.93. The van der Waals surface area contributed by atoms with Gasteiger partial charge >= 0.3 is 0 Å². The molecule has 0 saturated heterocycles. The highest BCUT2D eigenvalue weighted by Gasteiger charge is 2.45. The first-order chi connectivity index (χ1) is 15.4. The van der Waals surface area contributed by atoms with Crippen LogP contribution in [0.1, 0.15) is 37.6 Å². The molecule has 0 radical (unpaired) electrons. The zero-order valence-electron chi connectivity index (χ0n) is 19.3. The number of nitrogens with zero attached hydrogens (tertiary/aromatic N) is 1. The summed E-state index contributed by atoms with van der Waals surface area (Å²) in [4.78, 5) is 15.1. The summed E-state index contributed by atoms with van der Waals surface area (Å²) in [5, 5.41) is 1.44. The van der Waals surface area contributed by atoms with Crippen LogP contribution in [0.5, 0.6) is 11.5 Å². The molecule has 2 heterocycles. The van der Waals surface area contributed by atoms with Gasteiger partial charge in [0.25, 0.3) is 16.0 Å². The monoisotopic (exact) mass is 474 g/mol. The molecule has 9 heteroatoms. The van der Waals surface area contributed by atoms with Crippen molar-refractivity contribution in [3.63, 3.8) is 0 Å². The fourth-order valence-electron chi connectivity index (χ4n) is 4.02. The summed E-state index contributed by atoms with van der Waals surface area (Å²) in [7, 11) is -3.12. The maximum absolute atomic E-state index is 13.6. The average Bonchev–Trinajstić information content (AvgIpc) is 2.84. The topological polar surface area (TPSA) is 105 Å². The Balaban J connectivity index is 2.19. The van der Waals surface area contributed by atoms with Crippen LogP contribution in [0.3, 0.4) is 0 Å². The number of ether oxygens (including phenoxy) is 2. The van der Waals surface area contributed by atoms with Crippen molar-refractivity contribution < 1.29 is 27.2 Å². The molecule has 178 valence electrons. The fraction of sp³-hybridized carbons (Fsp3) is 0.375. The minimum absolute atomic E-state index is 0.144. The van der Waals surface area contributed by atoms with Crippen molar-refractivity contribution in [2.75, 3.05) is 19.0 Å². The molecule has 2 aliphatic rings. The molecule has 0 aromatic heterocycles. The molecule has 0 bridgehead atoms. The summed E-state index contributed by atoms with van der Waals surface area (Å²) in [5.41, 5.74) is 1.49. The van der Waals surface area contributed by atoms with E-state index in [-0.39, 0.29) is 30.1 Å². The molecule has 1 unspecified atom stereocenters. The van der Waals surface area contributed by atoms with Gasteiger partial charge in [-0.25, -0.2) is 0 Å². The van der Waals surface area contributed by atoms with Gasteiger partial charge < -0.3 is 19.7 Å². The van der Waals surface area contributed by atoms with Gasteiger partial charge in [-0.1, -0.05) is 37.5 Å². The van der Waals surface area contributed by atoms with Crippen LogP contribution in [0, 0.1) is 0 Å². The lowest BCUT2D eigenvalue weighted by Gasteiger charge is -2.38. The summed E-state index contributed by atoms with van der Waals surface area (Å²) >= 11 is 0. The van der Waals surface area contributed by atoms with Gasteiger partial charge in [0.2, 0.25) is 0 Å². The Labute approximate surface area is 195 Å². The first-order valence-corrected chi connectivity index (χ1v) is 12.0. The molecule has 3 rings (SSSR count). The SMILES string of the molecule is C=C/C=C\C1=C(C=C)C[C@H]2C(S(=O)(=O)O)Nc3cc(OC(C)(C)C)c(OC)cc3C(=O)N2C1. The van der Waals surface area contributed by atoms with Crippen LogP contribution in [-0.2, 0) is 10.1 Å². The number of nitrogens with one attached hydrogen (secondary N) is 1. The summed E-state index contributed by atoms with van der Waals surface area (Å²) in [5.74, 6) is 0.297. The molecule has 1 aromatic carbocycles. The van der Waals surface area contributed by atoms with E-state index in [1.54, 1.807) is 18.2 Å². The van der Waals surface area contributed by atoms with Crippen molar-refractivity contribution in [1.29, 1.82) is 0 Å². The van der Waals surface area contributed by atoms with Crippen molar-refractivity contribution in [1.82, 2.24) is 4.90 Å². The number of hydrogen-bond donors (Lipinski definition) is 2. The fourth-order valence-corrected chi connectivity index (χ4v) is 4.94. The number of methoxy groups -OCH3 is 1. The molecule has 0 aliphatic carbocycles. The number of carbonyl (C=O) groups is 1. The van der Waals surface area contributed by atoms with Crippen LogP contribution >= 0.6 is 0 Å². The molecule has 0 spiro atoms. The van der Waals surface area contributed by atoms with Crippen LogP contribution in [-0.4, -0.2) is 54.4 Å². The third-order valence-electron chi connectivity index (χ3n) is 5.44. The van der Waals surface area contributed by atoms with E-state index in [1.165, 1.54) is 24.1 Å². The van der Waals surface area contributed by atoms with E-state index in [0.29, 0.717) is 11.5 Å². The average molecular weight is 475 g/mol. The standard InChI is InChI=1S/C24H30N2O6S/c1-7-9-10-16-14-26-19(11-15(16)8-2)22(33(28,29)30)25-18-13-21(32-24(3,4)5)20(31-6)12-17(18)23(26)27/h7-10,12-13,19,22,25H,1-2,11,14H2,3-6H3,(H,28,29,30)/b10-9-/t19-,22?/m0/s1. The second-order valence-corrected chi connectivity index (χ2v) is 10.4. The largest absolute Gasteiger partial charge is 0.493 e. The van der Waals surface area contributed by atoms with E-state index in [4.69, 9.17) is 9.47 Å². The number of benzene rings is 1. The Kier molecular flexibility index (Phi) is 6.76. The minimum atomic E-state index is -4.58. The number of allylic oxidation sites excluding steroid dienone is 3. The highest BCUT2D eigenvalue weighted by molar-refractivity contribution is 7.86. The van der Waals surface area contributed by atoms with Crippen molar-refractivity contribution >= 4 is 21.7 Å². The van der Waals surface area contributed by atoms with E-state index in [0.717, 1.165) is 11.1 Å². The van der Waals surface area contributed by atoms with Gasteiger partial charge in [0.15, 0.2) is 16.9 Å². The molecular weight excluding hydrogens is 444 g/mol. The molecule has 2 atom stereocenters. The summed E-state index contributed by atoms with van der Waals surface area (Å²) in [6, 6.07) is 2.21. The number of rotatable bonds is 6. The second kappa shape index (κ2) is 9.07. The summed E-state index contributed by atoms with van der Waals surface area (Å²) in [6.07, 6.45) is 7.01. The molecular formula is C24H30N2O6S. The first-order valence-electron chi connectivity index (χ1n) is 10.5. The number of hydrogen-bond acceptors (Lipinski definition) is 6. The van der Waals surface area contributed by atoms with E-state index in [1.807, 2.05) is 26.8 Å². The zero-order valence-corrected chi connectivity index (χ0v) is 20.1. The quantitative estimate of drug-likeness (QED) is 0.475. The number of anilines is 1. The van der Waals surface area contributed by atoms with Gasteiger partial charge in [-0.2, -0.15) is 8.42 Å². The molecule has 2 N–H and O–H groups in total. The van der Waals surface area contributed by atoms with Crippen molar-refractivity contribution in [2.45, 2.75) is 44.2 Å². The third-order valence-corrected chi connectivity index (χ3v) is 6.52. The van der Waals surface area contributed by atoms with Gasteiger partial charge in [-0.3, -0.25) is 9.35 Å². The predicted octanol–water partition coefficient (Wildman–Crippen LogP) is 3.95. The number of carbonyl (C=O) groups excluding carboxylic acids is 1. The molecule has 8 nitrogen and oxygen atoms in total. The highest BCUT2D eigenvalue weighted by atomic mass is 32.2. The minimum Gasteiger partial charge on any atom is -0.493 e. The molecule has 2 aliphatic heterocycles. The maximum atomic E-state index is 13.6. The highest BCUT2D eigenvalue weighted by Crippen LogP contribution is 2.41. The Hall–Kier alpha value is -3.04.